The molecular formula is C12H18O3S. The summed E-state index contributed by atoms with van der Waals surface area (Å²) in [6.07, 6.45) is 6.74. The number of ether oxygens (including phenoxy) is 1. The van der Waals surface area contributed by atoms with Gasteiger partial charge in [0.1, 0.15) is 5.57 Å². The minimum Gasteiger partial charge on any atom is -0.462 e. The molecule has 0 aromatic carbocycles. The summed E-state index contributed by atoms with van der Waals surface area (Å²) in [5.41, 5.74) is 0.137. The van der Waals surface area contributed by atoms with Crippen molar-refractivity contribution in [1.29, 1.82) is 0 Å². The highest BCUT2D eigenvalue weighted by molar-refractivity contribution is 8.02. The van der Waals surface area contributed by atoms with Gasteiger partial charge in [0.25, 0.3) is 0 Å². The van der Waals surface area contributed by atoms with E-state index in [1.807, 2.05) is 0 Å². The fraction of sp³-hybridized carbons (Fsp3) is 0.667. The van der Waals surface area contributed by atoms with Gasteiger partial charge >= 0.3 is 5.97 Å². The smallest absolute Gasteiger partial charge is 0.341 e. The second-order valence-corrected chi connectivity index (χ2v) is 4.98. The van der Waals surface area contributed by atoms with E-state index >= 15 is 0 Å². The molecule has 1 rings (SSSR count). The minimum atomic E-state index is -0.513. The molecule has 0 amide bonds. The Morgan fingerprint density at radius 3 is 2.62 bits per heavy atom. The number of rotatable bonds is 5. The summed E-state index contributed by atoms with van der Waals surface area (Å²) in [7, 11) is 0. The van der Waals surface area contributed by atoms with Crippen molar-refractivity contribution in [3.63, 3.8) is 0 Å². The molecule has 4 heteroatoms. The van der Waals surface area contributed by atoms with Gasteiger partial charge in [0.2, 0.25) is 0 Å². The van der Waals surface area contributed by atoms with Crippen LogP contribution in [0.25, 0.3) is 0 Å². The molecule has 0 aromatic heterocycles. The quantitative estimate of drug-likeness (QED) is 0.244. The van der Waals surface area contributed by atoms with Crippen molar-refractivity contribution < 1.29 is 14.3 Å². The van der Waals surface area contributed by atoms with Crippen LogP contribution in [0.2, 0.25) is 0 Å². The van der Waals surface area contributed by atoms with Crippen molar-refractivity contribution in [3.05, 3.63) is 11.0 Å². The number of hydrogen-bond acceptors (Lipinski definition) is 4. The first kappa shape index (κ1) is 13.3. The van der Waals surface area contributed by atoms with Crippen LogP contribution in [0.5, 0.6) is 0 Å². The maximum Gasteiger partial charge on any atom is 0.341 e. The van der Waals surface area contributed by atoms with E-state index in [9.17, 15) is 9.59 Å². The minimum absolute atomic E-state index is 0.137. The molecule has 0 aromatic rings. The summed E-state index contributed by atoms with van der Waals surface area (Å²) >= 11 is 1.59. The van der Waals surface area contributed by atoms with Gasteiger partial charge < -0.3 is 4.74 Å². The fourth-order valence-corrected chi connectivity index (χ4v) is 2.81. The SMILES string of the molecule is CCOC(=O)C(C=O)=CSC1CCCCC1. The van der Waals surface area contributed by atoms with Crippen molar-refractivity contribution in [2.45, 2.75) is 44.3 Å². The Bertz CT molecular complexity index is 267. The van der Waals surface area contributed by atoms with Crippen LogP contribution in [0, 0.1) is 0 Å². The van der Waals surface area contributed by atoms with Gasteiger partial charge in [0, 0.05) is 5.25 Å². The molecule has 0 spiro atoms. The van der Waals surface area contributed by atoms with Crippen molar-refractivity contribution in [2.75, 3.05) is 6.61 Å². The number of carbonyl (C=O) groups is 2. The zero-order valence-electron chi connectivity index (χ0n) is 9.61. The van der Waals surface area contributed by atoms with E-state index in [-0.39, 0.29) is 5.57 Å². The molecule has 1 aliphatic carbocycles. The number of aldehydes is 1. The lowest BCUT2D eigenvalue weighted by atomic mass is 10.0. The largest absolute Gasteiger partial charge is 0.462 e. The Labute approximate surface area is 101 Å². The van der Waals surface area contributed by atoms with E-state index in [2.05, 4.69) is 0 Å². The Kier molecular flexibility index (Phi) is 6.23. The highest BCUT2D eigenvalue weighted by Gasteiger charge is 2.15. The predicted molar refractivity (Wildman–Crippen MR) is 65.2 cm³/mol. The van der Waals surface area contributed by atoms with Crippen molar-refractivity contribution >= 4 is 24.0 Å². The molecule has 0 atom stereocenters. The van der Waals surface area contributed by atoms with Crippen LogP contribution in [0.1, 0.15) is 39.0 Å². The number of carbonyl (C=O) groups excluding carboxylic acids is 2. The van der Waals surface area contributed by atoms with Crippen molar-refractivity contribution in [1.82, 2.24) is 0 Å². The predicted octanol–water partition coefficient (Wildman–Crippen LogP) is 2.70. The number of esters is 1. The second kappa shape index (κ2) is 7.49. The van der Waals surface area contributed by atoms with Gasteiger partial charge in [-0.05, 0) is 25.2 Å². The zero-order valence-corrected chi connectivity index (χ0v) is 10.4. The summed E-state index contributed by atoms with van der Waals surface area (Å²) < 4.78 is 4.78. The number of hydrogen-bond donors (Lipinski definition) is 0. The van der Waals surface area contributed by atoms with Gasteiger partial charge in [-0.25, -0.2) is 4.79 Å². The zero-order chi connectivity index (χ0) is 11.8. The lowest BCUT2D eigenvalue weighted by Gasteiger charge is -2.19. The van der Waals surface area contributed by atoms with Gasteiger partial charge in [-0.2, -0.15) is 0 Å². The summed E-state index contributed by atoms with van der Waals surface area (Å²) in [4.78, 5) is 22.0. The van der Waals surface area contributed by atoms with Crippen LogP contribution in [0.3, 0.4) is 0 Å². The Morgan fingerprint density at radius 1 is 1.38 bits per heavy atom. The summed E-state index contributed by atoms with van der Waals surface area (Å²) in [5, 5.41) is 2.21. The third kappa shape index (κ3) is 4.39. The van der Waals surface area contributed by atoms with Crippen molar-refractivity contribution in [2.24, 2.45) is 0 Å². The molecule has 0 aliphatic heterocycles. The lowest BCUT2D eigenvalue weighted by Crippen LogP contribution is -2.10. The maximum atomic E-state index is 11.3. The molecule has 3 nitrogen and oxygen atoms in total. The lowest BCUT2D eigenvalue weighted by molar-refractivity contribution is -0.139. The standard InChI is InChI=1S/C12H18O3S/c1-2-15-12(14)10(8-13)9-16-11-6-4-3-5-7-11/h8-9,11H,2-7H2,1H3. The third-order valence-corrected chi connectivity index (χ3v) is 3.82. The van der Waals surface area contributed by atoms with Crippen LogP contribution in [0.15, 0.2) is 11.0 Å². The van der Waals surface area contributed by atoms with Gasteiger partial charge in [0.15, 0.2) is 6.29 Å². The van der Waals surface area contributed by atoms with E-state index in [0.29, 0.717) is 18.1 Å². The summed E-state index contributed by atoms with van der Waals surface area (Å²) in [6.45, 7) is 2.03. The number of thioether (sulfide) groups is 1. The first-order valence-corrected chi connectivity index (χ1v) is 6.70. The molecule has 0 unspecified atom stereocenters. The highest BCUT2D eigenvalue weighted by Crippen LogP contribution is 2.29. The molecule has 16 heavy (non-hydrogen) atoms. The average molecular weight is 242 g/mol. The summed E-state index contributed by atoms with van der Waals surface area (Å²) in [5.74, 6) is -0.513. The molecule has 1 fully saturated rings. The van der Waals surface area contributed by atoms with Crippen LogP contribution >= 0.6 is 11.8 Å². The molecule has 1 saturated carbocycles. The van der Waals surface area contributed by atoms with Gasteiger partial charge in [-0.1, -0.05) is 19.3 Å². The molecule has 0 bridgehead atoms. The normalized spacial score (nSPS) is 18.2. The Hall–Kier alpha value is -0.770. The highest BCUT2D eigenvalue weighted by atomic mass is 32.2. The molecule has 0 heterocycles. The van der Waals surface area contributed by atoms with E-state index in [4.69, 9.17) is 4.74 Å². The molecule has 1 aliphatic rings. The van der Waals surface area contributed by atoms with Crippen LogP contribution in [-0.4, -0.2) is 24.1 Å². The topological polar surface area (TPSA) is 43.4 Å². The Balaban J connectivity index is 2.44. The van der Waals surface area contributed by atoms with Gasteiger partial charge in [-0.15, -0.1) is 11.8 Å². The molecule has 0 saturated heterocycles. The first-order valence-electron chi connectivity index (χ1n) is 5.75. The van der Waals surface area contributed by atoms with E-state index < -0.39 is 5.97 Å². The third-order valence-electron chi connectivity index (χ3n) is 2.58. The first-order chi connectivity index (χ1) is 7.77. The van der Waals surface area contributed by atoms with Crippen LogP contribution < -0.4 is 0 Å². The monoisotopic (exact) mass is 242 g/mol. The molecule has 90 valence electrons. The van der Waals surface area contributed by atoms with Gasteiger partial charge in [-0.3, -0.25) is 4.79 Å². The van der Waals surface area contributed by atoms with E-state index in [0.717, 1.165) is 0 Å². The molecular weight excluding hydrogens is 224 g/mol. The summed E-state index contributed by atoms with van der Waals surface area (Å²) in [6, 6.07) is 0. The van der Waals surface area contributed by atoms with E-state index in [1.54, 1.807) is 24.1 Å². The van der Waals surface area contributed by atoms with Crippen LogP contribution in [0.4, 0.5) is 0 Å². The van der Waals surface area contributed by atoms with E-state index in [1.165, 1.54) is 32.1 Å². The van der Waals surface area contributed by atoms with Crippen molar-refractivity contribution in [3.8, 4) is 0 Å². The Morgan fingerprint density at radius 2 is 2.06 bits per heavy atom. The molecule has 0 N–H and O–H groups in total. The second-order valence-electron chi connectivity index (χ2n) is 3.81. The average Bonchev–Trinajstić information content (AvgIpc) is 2.31. The maximum absolute atomic E-state index is 11.3. The fourth-order valence-electron chi connectivity index (χ4n) is 1.71. The van der Waals surface area contributed by atoms with Gasteiger partial charge in [0.05, 0.1) is 6.61 Å². The molecule has 0 radical (unpaired) electrons. The van der Waals surface area contributed by atoms with Crippen LogP contribution in [-0.2, 0) is 14.3 Å².